The quantitative estimate of drug-likeness (QED) is 0.678. The van der Waals surface area contributed by atoms with Gasteiger partial charge in [0.25, 0.3) is 0 Å². The topological polar surface area (TPSA) is 35.5 Å². The van der Waals surface area contributed by atoms with Gasteiger partial charge >= 0.3 is 7.60 Å². The largest absolute Gasteiger partial charge is 0.420 e. The van der Waals surface area contributed by atoms with E-state index in [9.17, 15) is 4.57 Å². The molecule has 1 unspecified atom stereocenters. The molecule has 3 nitrogen and oxygen atoms in total. The molecule has 3 rings (SSSR count). The molecule has 0 saturated heterocycles. The lowest BCUT2D eigenvalue weighted by Gasteiger charge is -2.25. The lowest BCUT2D eigenvalue weighted by molar-refractivity contribution is 0.286. The molecule has 1 aliphatic rings. The molecule has 0 fully saturated rings. The van der Waals surface area contributed by atoms with E-state index in [0.29, 0.717) is 12.4 Å². The van der Waals surface area contributed by atoms with Gasteiger partial charge in [-0.1, -0.05) is 42.5 Å². The predicted molar refractivity (Wildman–Crippen MR) is 87.5 cm³/mol. The average molecular weight is 365 g/mol. The molecule has 1 heterocycles. The van der Waals surface area contributed by atoms with E-state index in [1.165, 1.54) is 0 Å². The van der Waals surface area contributed by atoms with Crippen molar-refractivity contribution >= 4 is 29.1 Å². The van der Waals surface area contributed by atoms with Gasteiger partial charge in [-0.25, -0.2) is 4.57 Å². The summed E-state index contributed by atoms with van der Waals surface area (Å²) in [5.41, 5.74) is 2.76. The summed E-state index contributed by atoms with van der Waals surface area (Å²) < 4.78 is 24.6. The van der Waals surface area contributed by atoms with E-state index >= 15 is 0 Å². The van der Waals surface area contributed by atoms with Gasteiger partial charge in [0, 0.05) is 17.0 Å². The predicted octanol–water partition coefficient (Wildman–Crippen LogP) is 5.46. The zero-order valence-corrected chi connectivity index (χ0v) is 13.9. The molecule has 0 radical (unpaired) electrons. The molecule has 1 aliphatic heterocycles. The van der Waals surface area contributed by atoms with Crippen molar-refractivity contribution < 1.29 is 13.6 Å². The number of hydrogen-bond acceptors (Lipinski definition) is 3. The number of benzene rings is 2. The van der Waals surface area contributed by atoms with Gasteiger partial charge in [0.15, 0.2) is 5.75 Å². The van der Waals surface area contributed by atoms with Crippen molar-refractivity contribution in [3.05, 3.63) is 69.9 Å². The molecule has 0 aliphatic carbocycles. The van der Waals surface area contributed by atoms with Crippen LogP contribution in [0.15, 0.2) is 58.8 Å². The van der Waals surface area contributed by atoms with Gasteiger partial charge in [-0.05, 0) is 34.5 Å². The van der Waals surface area contributed by atoms with Crippen molar-refractivity contribution in [1.82, 2.24) is 0 Å². The highest BCUT2D eigenvalue weighted by atomic mass is 79.9. The zero-order chi connectivity index (χ0) is 14.9. The minimum Gasteiger partial charge on any atom is -0.420 e. The Bertz CT molecular complexity index is 740. The van der Waals surface area contributed by atoms with Gasteiger partial charge in [0.1, 0.15) is 0 Å². The average Bonchev–Trinajstić information content (AvgIpc) is 2.49. The molecule has 2 aromatic carbocycles. The van der Waals surface area contributed by atoms with Crippen molar-refractivity contribution in [2.45, 2.75) is 6.92 Å². The maximum Gasteiger partial charge on any atom is 0.404 e. The van der Waals surface area contributed by atoms with E-state index in [-0.39, 0.29) is 0 Å². The molecule has 0 spiro atoms. The minimum atomic E-state index is -3.29. The summed E-state index contributed by atoms with van der Waals surface area (Å²) in [5, 5.41) is 0. The summed E-state index contributed by atoms with van der Waals surface area (Å²) in [6.45, 7) is 2.13. The summed E-state index contributed by atoms with van der Waals surface area (Å²) in [4.78, 5) is 0. The second-order valence-corrected chi connectivity index (χ2v) is 7.21. The highest BCUT2D eigenvalue weighted by Gasteiger charge is 2.32. The molecule has 1 atom stereocenters. The first kappa shape index (κ1) is 14.6. The number of hydrogen-bond donors (Lipinski definition) is 0. The first-order valence-electron chi connectivity index (χ1n) is 6.64. The fourth-order valence-corrected chi connectivity index (χ4v) is 4.45. The molecule has 2 aromatic rings. The standard InChI is InChI=1S/C16H14BrO3P/c1-2-19-21(18)11-14(12-7-4-3-5-8-12)13-9-6-10-15(17)16(13)20-21/h3-11H,2H2,1H3. The van der Waals surface area contributed by atoms with Gasteiger partial charge in [0.05, 0.1) is 11.1 Å². The molecule has 5 heteroatoms. The molecule has 21 heavy (non-hydrogen) atoms. The highest BCUT2D eigenvalue weighted by molar-refractivity contribution is 9.10. The van der Waals surface area contributed by atoms with Crippen LogP contribution in [0.25, 0.3) is 5.57 Å². The van der Waals surface area contributed by atoms with E-state index in [1.807, 2.05) is 48.5 Å². The summed E-state index contributed by atoms with van der Waals surface area (Å²) in [7, 11) is -3.29. The van der Waals surface area contributed by atoms with Crippen molar-refractivity contribution in [1.29, 1.82) is 0 Å². The fraction of sp³-hybridized carbons (Fsp3) is 0.125. The van der Waals surface area contributed by atoms with Crippen LogP contribution in [-0.4, -0.2) is 6.61 Å². The normalized spacial score (nSPS) is 20.4. The van der Waals surface area contributed by atoms with E-state index < -0.39 is 7.60 Å². The monoisotopic (exact) mass is 364 g/mol. The molecule has 0 N–H and O–H groups in total. The molecular weight excluding hydrogens is 351 g/mol. The van der Waals surface area contributed by atoms with Crippen LogP contribution in [0.3, 0.4) is 0 Å². The van der Waals surface area contributed by atoms with Crippen molar-refractivity contribution in [3.8, 4) is 5.75 Å². The lowest BCUT2D eigenvalue weighted by atomic mass is 9.99. The summed E-state index contributed by atoms with van der Waals surface area (Å²) in [6.07, 6.45) is 0. The van der Waals surface area contributed by atoms with Crippen LogP contribution in [0.5, 0.6) is 5.75 Å². The van der Waals surface area contributed by atoms with Crippen LogP contribution in [0.4, 0.5) is 0 Å². The Kier molecular flexibility index (Phi) is 4.03. The maximum absolute atomic E-state index is 12.8. The summed E-state index contributed by atoms with van der Waals surface area (Å²) >= 11 is 3.46. The minimum absolute atomic E-state index is 0.329. The second kappa shape index (κ2) is 5.80. The van der Waals surface area contributed by atoms with Crippen LogP contribution < -0.4 is 4.52 Å². The van der Waals surface area contributed by atoms with E-state index in [4.69, 9.17) is 9.05 Å². The van der Waals surface area contributed by atoms with Crippen LogP contribution in [0.2, 0.25) is 0 Å². The Labute approximate surface area is 132 Å². The van der Waals surface area contributed by atoms with Crippen LogP contribution in [0.1, 0.15) is 18.1 Å². The van der Waals surface area contributed by atoms with Crippen LogP contribution >= 0.6 is 23.5 Å². The molecule has 0 bridgehead atoms. The maximum atomic E-state index is 12.8. The van der Waals surface area contributed by atoms with Crippen molar-refractivity contribution in [2.75, 3.05) is 6.61 Å². The fourth-order valence-electron chi connectivity index (χ4n) is 2.29. The van der Waals surface area contributed by atoms with Crippen molar-refractivity contribution in [2.24, 2.45) is 0 Å². The number of rotatable bonds is 3. The first-order chi connectivity index (χ1) is 10.1. The Morgan fingerprint density at radius 2 is 1.90 bits per heavy atom. The molecule has 0 amide bonds. The third kappa shape index (κ3) is 2.84. The Balaban J connectivity index is 2.21. The molecular formula is C16H14BrO3P. The summed E-state index contributed by atoms with van der Waals surface area (Å²) in [5.74, 6) is 2.18. The van der Waals surface area contributed by atoms with Crippen LogP contribution in [-0.2, 0) is 9.09 Å². The third-order valence-corrected chi connectivity index (χ3v) is 5.41. The van der Waals surface area contributed by atoms with E-state index in [0.717, 1.165) is 21.2 Å². The Morgan fingerprint density at radius 3 is 2.62 bits per heavy atom. The smallest absolute Gasteiger partial charge is 0.404 e. The Morgan fingerprint density at radius 1 is 1.14 bits per heavy atom. The summed E-state index contributed by atoms with van der Waals surface area (Å²) in [6, 6.07) is 15.6. The lowest BCUT2D eigenvalue weighted by Crippen LogP contribution is -2.05. The molecule has 0 aromatic heterocycles. The molecule has 0 saturated carbocycles. The zero-order valence-electron chi connectivity index (χ0n) is 11.5. The van der Waals surface area contributed by atoms with Crippen molar-refractivity contribution in [3.63, 3.8) is 0 Å². The number of halogens is 1. The van der Waals surface area contributed by atoms with Gasteiger partial charge < -0.3 is 4.52 Å². The highest BCUT2D eigenvalue weighted by Crippen LogP contribution is 2.59. The SMILES string of the molecule is CCOP1(=O)C=C(c2ccccc2)c2cccc(Br)c2O1. The number of para-hydroxylation sites is 1. The van der Waals surface area contributed by atoms with E-state index in [1.54, 1.807) is 12.7 Å². The first-order valence-corrected chi connectivity index (χ1v) is 9.04. The molecule has 108 valence electrons. The van der Waals surface area contributed by atoms with Gasteiger partial charge in [0.2, 0.25) is 0 Å². The number of fused-ring (bicyclic) bond motifs is 1. The Hall–Kier alpha value is -1.35. The van der Waals surface area contributed by atoms with Crippen LogP contribution in [0, 0.1) is 0 Å². The van der Waals surface area contributed by atoms with Gasteiger partial charge in [-0.3, -0.25) is 4.52 Å². The van der Waals surface area contributed by atoms with Gasteiger partial charge in [-0.15, -0.1) is 0 Å². The third-order valence-electron chi connectivity index (χ3n) is 3.16. The van der Waals surface area contributed by atoms with Gasteiger partial charge in [-0.2, -0.15) is 0 Å². The van der Waals surface area contributed by atoms with E-state index in [2.05, 4.69) is 15.9 Å². The second-order valence-electron chi connectivity index (χ2n) is 4.57.